The van der Waals surface area contributed by atoms with Crippen LogP contribution in [0.25, 0.3) is 0 Å². The van der Waals surface area contributed by atoms with Crippen LogP contribution >= 0.6 is 23.7 Å². The van der Waals surface area contributed by atoms with E-state index >= 15 is 0 Å². The first-order chi connectivity index (χ1) is 11.7. The van der Waals surface area contributed by atoms with Crippen LogP contribution in [0.4, 0.5) is 11.4 Å². The zero-order chi connectivity index (χ0) is 16.9. The summed E-state index contributed by atoms with van der Waals surface area (Å²) in [5.74, 6) is 0.565. The van der Waals surface area contributed by atoms with Crippen molar-refractivity contribution in [1.82, 2.24) is 0 Å². The van der Waals surface area contributed by atoms with Gasteiger partial charge >= 0.3 is 0 Å². The molecule has 1 aliphatic heterocycles. The summed E-state index contributed by atoms with van der Waals surface area (Å²) in [4.78, 5) is 24.7. The number of hydrogen-bond acceptors (Lipinski definition) is 6. The number of ether oxygens (including phenoxy) is 2. The van der Waals surface area contributed by atoms with Crippen LogP contribution in [0, 0.1) is 0 Å². The molecule has 2 aromatic rings. The Morgan fingerprint density at radius 3 is 2.32 bits per heavy atom. The lowest BCUT2D eigenvalue weighted by Crippen LogP contribution is -2.20. The molecule has 1 aromatic heterocycles. The van der Waals surface area contributed by atoms with Crippen molar-refractivity contribution in [3.05, 3.63) is 34.5 Å². The summed E-state index contributed by atoms with van der Waals surface area (Å²) in [6.45, 7) is 1.11. The molecule has 0 spiro atoms. The Hall–Kier alpha value is -2.29. The zero-order valence-electron chi connectivity index (χ0n) is 13.2. The van der Waals surface area contributed by atoms with E-state index in [9.17, 15) is 9.59 Å². The Bertz CT molecular complexity index is 752. The van der Waals surface area contributed by atoms with Crippen LogP contribution in [-0.4, -0.2) is 31.6 Å². The third-order valence-electron chi connectivity index (χ3n) is 3.32. The Morgan fingerprint density at radius 1 is 1.12 bits per heavy atom. The largest absolute Gasteiger partial charge is 0.486 e. The summed E-state index contributed by atoms with van der Waals surface area (Å²) >= 11 is 1.34. The number of halogens is 1. The Morgan fingerprint density at radius 2 is 1.76 bits per heavy atom. The molecule has 134 valence electrons. The van der Waals surface area contributed by atoms with E-state index in [0.717, 1.165) is 0 Å². The van der Waals surface area contributed by atoms with Crippen molar-refractivity contribution < 1.29 is 19.1 Å². The third-order valence-corrected chi connectivity index (χ3v) is 4.19. The van der Waals surface area contributed by atoms with E-state index in [0.29, 0.717) is 41.0 Å². The third kappa shape index (κ3) is 4.62. The van der Waals surface area contributed by atoms with Crippen LogP contribution < -0.4 is 25.8 Å². The number of fused-ring (bicyclic) bond motifs is 1. The van der Waals surface area contributed by atoms with Crippen LogP contribution in [0.15, 0.2) is 29.6 Å². The minimum atomic E-state index is -0.254. The number of carbonyl (C=O) groups is 2. The second-order valence-electron chi connectivity index (χ2n) is 5.06. The predicted octanol–water partition coefficient (Wildman–Crippen LogP) is 2.48. The Kier molecular flexibility index (Phi) is 6.63. The molecule has 2 heterocycles. The van der Waals surface area contributed by atoms with Gasteiger partial charge in [0.1, 0.15) is 13.2 Å². The molecular weight excluding hydrogens is 366 g/mol. The van der Waals surface area contributed by atoms with Crippen LogP contribution in [0.1, 0.15) is 16.1 Å². The molecule has 0 radical (unpaired) electrons. The summed E-state index contributed by atoms with van der Waals surface area (Å²) in [6, 6.07) is 6.82. The summed E-state index contributed by atoms with van der Waals surface area (Å²) in [5, 5.41) is 7.37. The number of carbonyl (C=O) groups excluding carboxylic acids is 2. The standard InChI is InChI=1S/C16H17N3O4S.ClH/c17-4-3-15(20)18-10-8-12-13(23-6-5-22-12)9-11(10)19-16(21)14-2-1-7-24-14;/h1-2,7-9H,3-6,17H2,(H,18,20)(H,19,21);1H. The molecule has 1 aromatic carbocycles. The molecule has 25 heavy (non-hydrogen) atoms. The molecule has 0 bridgehead atoms. The normalized spacial score (nSPS) is 12.0. The summed E-state index contributed by atoms with van der Waals surface area (Å²) in [5.41, 5.74) is 6.30. The molecule has 0 atom stereocenters. The smallest absolute Gasteiger partial charge is 0.265 e. The van der Waals surface area contributed by atoms with E-state index in [4.69, 9.17) is 15.2 Å². The predicted molar refractivity (Wildman–Crippen MR) is 99.3 cm³/mol. The fourth-order valence-corrected chi connectivity index (χ4v) is 2.85. The van der Waals surface area contributed by atoms with E-state index in [1.54, 1.807) is 24.3 Å². The van der Waals surface area contributed by atoms with Crippen LogP contribution in [0.2, 0.25) is 0 Å². The van der Waals surface area contributed by atoms with E-state index < -0.39 is 0 Å². The van der Waals surface area contributed by atoms with Gasteiger partial charge in [-0.05, 0) is 11.4 Å². The van der Waals surface area contributed by atoms with Gasteiger partial charge in [0, 0.05) is 25.1 Å². The number of hydrogen-bond donors (Lipinski definition) is 3. The van der Waals surface area contributed by atoms with E-state index in [2.05, 4.69) is 10.6 Å². The molecule has 0 aliphatic carbocycles. The lowest BCUT2D eigenvalue weighted by molar-refractivity contribution is -0.116. The van der Waals surface area contributed by atoms with Gasteiger partial charge in [0.15, 0.2) is 11.5 Å². The topological polar surface area (TPSA) is 103 Å². The highest BCUT2D eigenvalue weighted by molar-refractivity contribution is 7.12. The summed E-state index contributed by atoms with van der Waals surface area (Å²) in [6.07, 6.45) is 0.187. The number of nitrogens with two attached hydrogens (primary N) is 1. The average molecular weight is 384 g/mol. The first kappa shape index (κ1) is 19.0. The van der Waals surface area contributed by atoms with Gasteiger partial charge in [-0.1, -0.05) is 6.07 Å². The van der Waals surface area contributed by atoms with E-state index in [-0.39, 0.29) is 37.2 Å². The molecule has 9 heteroatoms. The van der Waals surface area contributed by atoms with Crippen molar-refractivity contribution in [2.75, 3.05) is 30.4 Å². The SMILES string of the molecule is Cl.NCCC(=O)Nc1cc2c(cc1NC(=O)c1cccs1)OCCO2. The number of thiophene rings is 1. The highest BCUT2D eigenvalue weighted by Gasteiger charge is 2.19. The minimum absolute atomic E-state index is 0. The minimum Gasteiger partial charge on any atom is -0.486 e. The van der Waals surface area contributed by atoms with Gasteiger partial charge in [-0.25, -0.2) is 0 Å². The highest BCUT2D eigenvalue weighted by atomic mass is 35.5. The molecule has 4 N–H and O–H groups in total. The summed E-state index contributed by atoms with van der Waals surface area (Å²) < 4.78 is 11.1. The molecule has 0 unspecified atom stereocenters. The van der Waals surface area contributed by atoms with Gasteiger partial charge in [-0.15, -0.1) is 23.7 Å². The summed E-state index contributed by atoms with van der Waals surface area (Å²) in [7, 11) is 0. The number of anilines is 2. The highest BCUT2D eigenvalue weighted by Crippen LogP contribution is 2.38. The fourth-order valence-electron chi connectivity index (χ4n) is 2.23. The van der Waals surface area contributed by atoms with Crippen molar-refractivity contribution in [3.63, 3.8) is 0 Å². The van der Waals surface area contributed by atoms with Gasteiger partial charge in [-0.3, -0.25) is 9.59 Å². The van der Waals surface area contributed by atoms with E-state index in [1.807, 2.05) is 5.38 Å². The van der Waals surface area contributed by atoms with Crippen molar-refractivity contribution in [2.24, 2.45) is 5.73 Å². The van der Waals surface area contributed by atoms with Gasteiger partial charge in [0.05, 0.1) is 16.3 Å². The van der Waals surface area contributed by atoms with Gasteiger partial charge < -0.3 is 25.8 Å². The van der Waals surface area contributed by atoms with Crippen molar-refractivity contribution in [1.29, 1.82) is 0 Å². The Balaban J connectivity index is 0.00000225. The molecule has 0 saturated heterocycles. The first-order valence-corrected chi connectivity index (χ1v) is 8.34. The second kappa shape index (κ2) is 8.70. The monoisotopic (exact) mass is 383 g/mol. The molecule has 2 amide bonds. The number of rotatable bonds is 5. The lowest BCUT2D eigenvalue weighted by Gasteiger charge is -2.21. The quantitative estimate of drug-likeness (QED) is 0.736. The molecule has 0 fully saturated rings. The lowest BCUT2D eigenvalue weighted by atomic mass is 10.2. The number of nitrogens with one attached hydrogen (secondary N) is 2. The van der Waals surface area contributed by atoms with E-state index in [1.165, 1.54) is 11.3 Å². The molecule has 1 aliphatic rings. The van der Waals surface area contributed by atoms with Crippen LogP contribution in [0.5, 0.6) is 11.5 Å². The molecule has 3 rings (SSSR count). The van der Waals surface area contributed by atoms with Gasteiger partial charge in [-0.2, -0.15) is 0 Å². The zero-order valence-corrected chi connectivity index (χ0v) is 14.9. The maximum atomic E-state index is 12.3. The molecule has 7 nitrogen and oxygen atoms in total. The fraction of sp³-hybridized carbons (Fsp3) is 0.250. The number of amides is 2. The maximum absolute atomic E-state index is 12.3. The van der Waals surface area contributed by atoms with Crippen molar-refractivity contribution in [3.8, 4) is 11.5 Å². The van der Waals surface area contributed by atoms with Crippen molar-refractivity contribution in [2.45, 2.75) is 6.42 Å². The van der Waals surface area contributed by atoms with Crippen LogP contribution in [0.3, 0.4) is 0 Å². The van der Waals surface area contributed by atoms with Gasteiger partial charge in [0.2, 0.25) is 5.91 Å². The Labute approximate surface area is 154 Å². The second-order valence-corrected chi connectivity index (χ2v) is 6.01. The number of benzene rings is 1. The maximum Gasteiger partial charge on any atom is 0.265 e. The average Bonchev–Trinajstić information content (AvgIpc) is 3.10. The van der Waals surface area contributed by atoms with Crippen LogP contribution in [-0.2, 0) is 4.79 Å². The first-order valence-electron chi connectivity index (χ1n) is 7.46. The molecular formula is C16H18ClN3O4S. The van der Waals surface area contributed by atoms with Gasteiger partial charge in [0.25, 0.3) is 5.91 Å². The van der Waals surface area contributed by atoms with Crippen molar-refractivity contribution >= 4 is 46.9 Å². The molecule has 0 saturated carbocycles.